The number of piperidine rings is 1. The fourth-order valence-corrected chi connectivity index (χ4v) is 7.67. The van der Waals surface area contributed by atoms with Crippen LogP contribution in [-0.4, -0.2) is 31.2 Å². The van der Waals surface area contributed by atoms with E-state index in [1.165, 1.54) is 48.3 Å². The minimum atomic E-state index is -4.56. The molecule has 1 heterocycles. The summed E-state index contributed by atoms with van der Waals surface area (Å²) in [6.07, 6.45) is 0.836. The van der Waals surface area contributed by atoms with E-state index in [0.717, 1.165) is 24.6 Å². The highest BCUT2D eigenvalue weighted by molar-refractivity contribution is 7.89. The molecule has 1 saturated carbocycles. The highest BCUT2D eigenvalue weighted by Gasteiger charge is 2.43. The number of nitrogens with zero attached hydrogens (tertiary/aromatic N) is 1. The highest BCUT2D eigenvalue weighted by atomic mass is 32.2. The summed E-state index contributed by atoms with van der Waals surface area (Å²) in [5, 5.41) is 6.17. The molecule has 1 saturated heterocycles. The molecule has 2 aliphatic rings. The molecule has 0 unspecified atom stereocenters. The van der Waals surface area contributed by atoms with Gasteiger partial charge in [-0.3, -0.25) is 4.79 Å². The number of aryl methyl sites for hydroxylation is 1. The van der Waals surface area contributed by atoms with Gasteiger partial charge in [0.2, 0.25) is 15.9 Å². The molecule has 1 amide bonds. The first-order valence-corrected chi connectivity index (χ1v) is 15.4. The summed E-state index contributed by atoms with van der Waals surface area (Å²) < 4.78 is 69.6. The Balaban J connectivity index is 1.48. The third kappa shape index (κ3) is 6.43. The lowest BCUT2D eigenvalue weighted by atomic mass is 9.85. The lowest BCUT2D eigenvalue weighted by Crippen LogP contribution is -2.46. The van der Waals surface area contributed by atoms with Crippen LogP contribution in [0.3, 0.4) is 0 Å². The van der Waals surface area contributed by atoms with Crippen LogP contribution >= 0.6 is 0 Å². The number of nitrogens with one attached hydrogen (secondary N) is 2. The van der Waals surface area contributed by atoms with Crippen molar-refractivity contribution >= 4 is 27.3 Å². The maximum atomic E-state index is 13.8. The summed E-state index contributed by atoms with van der Waals surface area (Å²) in [4.78, 5) is 13.8. The number of sulfonamides is 1. The van der Waals surface area contributed by atoms with E-state index in [2.05, 4.69) is 10.6 Å². The van der Waals surface area contributed by atoms with Gasteiger partial charge in [0.05, 0.1) is 22.4 Å². The number of halogens is 3. The summed E-state index contributed by atoms with van der Waals surface area (Å²) in [5.74, 6) is -1.33. The van der Waals surface area contributed by atoms with Gasteiger partial charge in [0.15, 0.2) is 0 Å². The number of alkyl halides is 3. The van der Waals surface area contributed by atoms with Crippen LogP contribution in [0.25, 0.3) is 0 Å². The van der Waals surface area contributed by atoms with Crippen LogP contribution in [0, 0.1) is 12.8 Å². The average molecular weight is 586 g/mol. The first-order chi connectivity index (χ1) is 19.5. The Hall–Kier alpha value is -3.37. The van der Waals surface area contributed by atoms with E-state index in [4.69, 9.17) is 0 Å². The molecule has 0 radical (unpaired) electrons. The zero-order valence-corrected chi connectivity index (χ0v) is 23.6. The minimum Gasteiger partial charge on any atom is -0.382 e. The molecule has 10 heteroatoms. The number of carbonyl (C=O) groups excluding carboxylic acids is 1. The molecular weight excluding hydrogens is 551 g/mol. The molecule has 2 atom stereocenters. The lowest BCUT2D eigenvalue weighted by molar-refractivity contribution is -0.138. The summed E-state index contributed by atoms with van der Waals surface area (Å²) in [6, 6.07) is 18.8. The third-order valence-electron chi connectivity index (χ3n) is 8.06. The zero-order chi connectivity index (χ0) is 29.2. The summed E-state index contributed by atoms with van der Waals surface area (Å²) in [5.41, 5.74) is 0.827. The zero-order valence-electron chi connectivity index (χ0n) is 22.8. The van der Waals surface area contributed by atoms with E-state index in [0.29, 0.717) is 24.4 Å². The summed E-state index contributed by atoms with van der Waals surface area (Å²) >= 11 is 0. The van der Waals surface area contributed by atoms with Gasteiger partial charge in [0.25, 0.3) is 0 Å². The topological polar surface area (TPSA) is 78.5 Å². The molecule has 41 heavy (non-hydrogen) atoms. The van der Waals surface area contributed by atoms with E-state index in [9.17, 15) is 26.4 Å². The smallest absolute Gasteiger partial charge is 0.382 e. The molecule has 0 spiro atoms. The number of carbonyl (C=O) groups is 1. The molecule has 5 rings (SSSR count). The van der Waals surface area contributed by atoms with E-state index < -0.39 is 39.6 Å². The van der Waals surface area contributed by atoms with Crippen LogP contribution in [0.2, 0.25) is 0 Å². The molecule has 3 aromatic rings. The number of anilines is 2. The maximum absolute atomic E-state index is 13.8. The van der Waals surface area contributed by atoms with Crippen molar-refractivity contribution in [3.05, 3.63) is 89.5 Å². The SMILES string of the molecule is Cc1ccc(NC(=O)[C@H]2CCCN(S(=O)(=O)c3ccccc3)[C@H]2c2ccc(NC3CCCC3)cc2)cc1C(F)(F)F. The molecule has 3 aromatic carbocycles. The predicted molar refractivity (Wildman–Crippen MR) is 153 cm³/mol. The largest absolute Gasteiger partial charge is 0.416 e. The van der Waals surface area contributed by atoms with Gasteiger partial charge in [-0.15, -0.1) is 0 Å². The van der Waals surface area contributed by atoms with Crippen molar-refractivity contribution in [3.63, 3.8) is 0 Å². The van der Waals surface area contributed by atoms with Crippen molar-refractivity contribution in [2.45, 2.75) is 68.6 Å². The van der Waals surface area contributed by atoms with E-state index >= 15 is 0 Å². The van der Waals surface area contributed by atoms with E-state index in [-0.39, 0.29) is 22.7 Å². The van der Waals surface area contributed by atoms with Crippen LogP contribution in [0.1, 0.15) is 61.3 Å². The van der Waals surface area contributed by atoms with Gasteiger partial charge in [-0.05, 0) is 80.1 Å². The number of hydrogen-bond acceptors (Lipinski definition) is 4. The fraction of sp³-hybridized carbons (Fsp3) is 0.387. The van der Waals surface area contributed by atoms with Gasteiger partial charge < -0.3 is 10.6 Å². The van der Waals surface area contributed by atoms with Crippen molar-refractivity contribution in [3.8, 4) is 0 Å². The molecule has 1 aliphatic carbocycles. The van der Waals surface area contributed by atoms with Crippen LogP contribution in [0.15, 0.2) is 77.7 Å². The Morgan fingerprint density at radius 3 is 2.20 bits per heavy atom. The number of benzene rings is 3. The summed E-state index contributed by atoms with van der Waals surface area (Å²) in [6.45, 7) is 1.58. The Morgan fingerprint density at radius 1 is 0.878 bits per heavy atom. The number of rotatable bonds is 7. The molecule has 0 aromatic heterocycles. The molecule has 218 valence electrons. The van der Waals surface area contributed by atoms with Gasteiger partial charge in [0.1, 0.15) is 0 Å². The highest BCUT2D eigenvalue weighted by Crippen LogP contribution is 2.41. The molecule has 2 fully saturated rings. The van der Waals surface area contributed by atoms with Gasteiger partial charge in [-0.1, -0.05) is 49.2 Å². The molecule has 1 aliphatic heterocycles. The third-order valence-corrected chi connectivity index (χ3v) is 9.96. The van der Waals surface area contributed by atoms with Gasteiger partial charge in [-0.25, -0.2) is 8.42 Å². The monoisotopic (exact) mass is 585 g/mol. The Bertz CT molecular complexity index is 1470. The molecular formula is C31H34F3N3O3S. The second-order valence-electron chi connectivity index (χ2n) is 10.9. The number of amides is 1. The second-order valence-corrected chi connectivity index (χ2v) is 12.8. The first kappa shape index (κ1) is 29.1. The fourth-order valence-electron chi connectivity index (χ4n) is 5.96. The first-order valence-electron chi connectivity index (χ1n) is 14.0. The van der Waals surface area contributed by atoms with Crippen LogP contribution in [-0.2, 0) is 21.0 Å². The van der Waals surface area contributed by atoms with E-state index in [1.54, 1.807) is 18.2 Å². The molecule has 2 N–H and O–H groups in total. The Labute approximate surface area is 239 Å². The predicted octanol–water partition coefficient (Wildman–Crippen LogP) is 7.15. The Kier molecular flexibility index (Phi) is 8.42. The van der Waals surface area contributed by atoms with Crippen molar-refractivity contribution in [2.75, 3.05) is 17.2 Å². The lowest BCUT2D eigenvalue weighted by Gasteiger charge is -2.40. The quantitative estimate of drug-likeness (QED) is 0.309. The second kappa shape index (κ2) is 11.9. The van der Waals surface area contributed by atoms with Gasteiger partial charge >= 0.3 is 6.18 Å². The Morgan fingerprint density at radius 2 is 1.54 bits per heavy atom. The minimum absolute atomic E-state index is 0.0193. The molecule has 0 bridgehead atoms. The van der Waals surface area contributed by atoms with Crippen molar-refractivity contribution < 1.29 is 26.4 Å². The average Bonchev–Trinajstić information content (AvgIpc) is 3.47. The van der Waals surface area contributed by atoms with Gasteiger partial charge in [-0.2, -0.15) is 17.5 Å². The number of hydrogen-bond donors (Lipinski definition) is 2. The summed E-state index contributed by atoms with van der Waals surface area (Å²) in [7, 11) is -3.97. The molecule has 6 nitrogen and oxygen atoms in total. The maximum Gasteiger partial charge on any atom is 0.416 e. The van der Waals surface area contributed by atoms with Gasteiger partial charge in [0, 0.05) is 24.0 Å². The van der Waals surface area contributed by atoms with Crippen molar-refractivity contribution in [1.82, 2.24) is 4.31 Å². The van der Waals surface area contributed by atoms with Crippen LogP contribution < -0.4 is 10.6 Å². The van der Waals surface area contributed by atoms with Crippen molar-refractivity contribution in [2.24, 2.45) is 5.92 Å². The normalized spacial score (nSPS) is 20.6. The van der Waals surface area contributed by atoms with E-state index in [1.807, 2.05) is 24.3 Å². The standard InChI is InChI=1S/C31H34F3N3O3S/c1-21-13-16-25(20-28(21)31(32,33)34)36-30(38)27-12-7-19-37(41(39,40)26-10-3-2-4-11-26)29(27)22-14-17-24(18-15-22)35-23-8-5-6-9-23/h2-4,10-11,13-18,20,23,27,29,35H,5-9,12,19H2,1H3,(H,36,38)/t27-,29-/m0/s1. The van der Waals surface area contributed by atoms with Crippen LogP contribution in [0.4, 0.5) is 24.5 Å². The van der Waals surface area contributed by atoms with Crippen molar-refractivity contribution in [1.29, 1.82) is 0 Å². The van der Waals surface area contributed by atoms with Crippen LogP contribution in [0.5, 0.6) is 0 Å².